The van der Waals surface area contributed by atoms with Crippen molar-refractivity contribution in [1.29, 1.82) is 0 Å². The highest BCUT2D eigenvalue weighted by molar-refractivity contribution is 5.75. The van der Waals surface area contributed by atoms with Crippen LogP contribution in [0.3, 0.4) is 0 Å². The molecule has 3 rings (SSSR count). The van der Waals surface area contributed by atoms with Crippen molar-refractivity contribution in [2.75, 3.05) is 5.73 Å². The molecule has 0 amide bonds. The lowest BCUT2D eigenvalue weighted by atomic mass is 10.1. The first-order chi connectivity index (χ1) is 9.72. The highest BCUT2D eigenvalue weighted by Gasteiger charge is 2.05. The first-order valence-corrected chi connectivity index (χ1v) is 6.19. The molecule has 20 heavy (non-hydrogen) atoms. The molecule has 2 heterocycles. The molecule has 0 aliphatic heterocycles. The SMILES string of the molecule is Nc1ccccc1-c1cnn(Cc2cncc(F)c2)c1. The average Bonchev–Trinajstić information content (AvgIpc) is 2.87. The molecule has 2 aromatic heterocycles. The standard InChI is InChI=1S/C15H13FN4/c16-13-5-11(6-18-8-13)9-20-10-12(7-19-20)14-3-1-2-4-15(14)17/h1-8,10H,9,17H2. The summed E-state index contributed by atoms with van der Waals surface area (Å²) in [5, 5.41) is 4.27. The minimum atomic E-state index is -0.345. The van der Waals surface area contributed by atoms with E-state index in [-0.39, 0.29) is 5.82 Å². The van der Waals surface area contributed by atoms with Gasteiger partial charge in [-0.2, -0.15) is 5.10 Å². The van der Waals surface area contributed by atoms with E-state index < -0.39 is 0 Å². The maximum Gasteiger partial charge on any atom is 0.141 e. The fourth-order valence-corrected chi connectivity index (χ4v) is 2.08. The molecule has 5 heteroatoms. The van der Waals surface area contributed by atoms with Crippen LogP contribution in [0, 0.1) is 5.82 Å². The fourth-order valence-electron chi connectivity index (χ4n) is 2.08. The van der Waals surface area contributed by atoms with Crippen molar-refractivity contribution in [1.82, 2.24) is 14.8 Å². The van der Waals surface area contributed by atoms with E-state index in [0.717, 1.165) is 16.7 Å². The number of pyridine rings is 1. The number of benzene rings is 1. The summed E-state index contributed by atoms with van der Waals surface area (Å²) in [4.78, 5) is 3.82. The van der Waals surface area contributed by atoms with Gasteiger partial charge in [0.25, 0.3) is 0 Å². The highest BCUT2D eigenvalue weighted by atomic mass is 19.1. The summed E-state index contributed by atoms with van der Waals surface area (Å²) in [5.74, 6) is -0.345. The van der Waals surface area contributed by atoms with Crippen LogP contribution in [0.1, 0.15) is 5.56 Å². The van der Waals surface area contributed by atoms with Crippen molar-refractivity contribution >= 4 is 5.69 Å². The van der Waals surface area contributed by atoms with E-state index >= 15 is 0 Å². The van der Waals surface area contributed by atoms with Crippen molar-refractivity contribution in [3.05, 3.63) is 66.5 Å². The Hall–Kier alpha value is -2.69. The van der Waals surface area contributed by atoms with E-state index in [1.165, 1.54) is 12.3 Å². The topological polar surface area (TPSA) is 56.7 Å². The molecule has 2 N–H and O–H groups in total. The van der Waals surface area contributed by atoms with E-state index in [2.05, 4.69) is 10.1 Å². The van der Waals surface area contributed by atoms with E-state index in [0.29, 0.717) is 12.2 Å². The lowest BCUT2D eigenvalue weighted by Crippen LogP contribution is -2.00. The predicted octanol–water partition coefficient (Wildman–Crippen LogP) is 2.71. The summed E-state index contributed by atoms with van der Waals surface area (Å²) in [6, 6.07) is 9.07. The van der Waals surface area contributed by atoms with Gasteiger partial charge in [-0.05, 0) is 17.7 Å². The summed E-state index contributed by atoms with van der Waals surface area (Å²) in [5.41, 5.74) is 9.29. The van der Waals surface area contributed by atoms with Crippen LogP contribution in [0.15, 0.2) is 55.1 Å². The number of rotatable bonds is 3. The zero-order valence-corrected chi connectivity index (χ0v) is 10.7. The third-order valence-corrected chi connectivity index (χ3v) is 3.01. The molecule has 0 saturated heterocycles. The molecular weight excluding hydrogens is 255 g/mol. The second-order valence-corrected chi connectivity index (χ2v) is 4.53. The van der Waals surface area contributed by atoms with Gasteiger partial charge in [-0.1, -0.05) is 18.2 Å². The van der Waals surface area contributed by atoms with Crippen molar-refractivity contribution in [2.45, 2.75) is 6.54 Å². The van der Waals surface area contributed by atoms with Crippen LogP contribution in [0.5, 0.6) is 0 Å². The zero-order valence-electron chi connectivity index (χ0n) is 10.7. The van der Waals surface area contributed by atoms with Crippen LogP contribution in [-0.2, 0) is 6.54 Å². The molecule has 3 aromatic rings. The molecule has 0 atom stereocenters. The third kappa shape index (κ3) is 2.51. The van der Waals surface area contributed by atoms with E-state index in [9.17, 15) is 4.39 Å². The Balaban J connectivity index is 1.86. The quantitative estimate of drug-likeness (QED) is 0.743. The molecule has 0 aliphatic rings. The Morgan fingerprint density at radius 1 is 1.15 bits per heavy atom. The predicted molar refractivity (Wildman–Crippen MR) is 75.4 cm³/mol. The van der Waals surface area contributed by atoms with Gasteiger partial charge >= 0.3 is 0 Å². The van der Waals surface area contributed by atoms with Crippen molar-refractivity contribution in [3.63, 3.8) is 0 Å². The number of hydrogen-bond donors (Lipinski definition) is 1. The minimum absolute atomic E-state index is 0.345. The molecule has 0 saturated carbocycles. The van der Waals surface area contributed by atoms with Crippen molar-refractivity contribution < 1.29 is 4.39 Å². The highest BCUT2D eigenvalue weighted by Crippen LogP contribution is 2.24. The van der Waals surface area contributed by atoms with Crippen LogP contribution in [-0.4, -0.2) is 14.8 Å². The number of hydrogen-bond acceptors (Lipinski definition) is 3. The average molecular weight is 268 g/mol. The summed E-state index contributed by atoms with van der Waals surface area (Å²) in [6.07, 6.45) is 6.44. The number of anilines is 1. The smallest absolute Gasteiger partial charge is 0.141 e. The summed E-state index contributed by atoms with van der Waals surface area (Å²) in [6.45, 7) is 0.470. The number of nitrogen functional groups attached to an aromatic ring is 1. The lowest BCUT2D eigenvalue weighted by Gasteiger charge is -2.02. The van der Waals surface area contributed by atoms with E-state index in [1.54, 1.807) is 17.1 Å². The minimum Gasteiger partial charge on any atom is -0.398 e. The van der Waals surface area contributed by atoms with E-state index in [4.69, 9.17) is 5.73 Å². The van der Waals surface area contributed by atoms with Gasteiger partial charge in [-0.25, -0.2) is 4.39 Å². The molecule has 0 radical (unpaired) electrons. The molecule has 0 fully saturated rings. The van der Waals surface area contributed by atoms with Crippen LogP contribution in [0.2, 0.25) is 0 Å². The molecule has 0 aliphatic carbocycles. The van der Waals surface area contributed by atoms with Crippen LogP contribution < -0.4 is 5.73 Å². The maximum absolute atomic E-state index is 13.1. The molecule has 0 unspecified atom stereocenters. The number of nitrogens with zero attached hydrogens (tertiary/aromatic N) is 3. The third-order valence-electron chi connectivity index (χ3n) is 3.01. The lowest BCUT2D eigenvalue weighted by molar-refractivity contribution is 0.611. The largest absolute Gasteiger partial charge is 0.398 e. The van der Waals surface area contributed by atoms with Crippen LogP contribution in [0.4, 0.5) is 10.1 Å². The molecule has 0 spiro atoms. The second kappa shape index (κ2) is 5.13. The zero-order chi connectivity index (χ0) is 13.9. The molecule has 1 aromatic carbocycles. The monoisotopic (exact) mass is 268 g/mol. The molecule has 100 valence electrons. The first kappa shape index (κ1) is 12.3. The van der Waals surface area contributed by atoms with Gasteiger partial charge in [0.1, 0.15) is 5.82 Å². The maximum atomic E-state index is 13.1. The fraction of sp³-hybridized carbons (Fsp3) is 0.0667. The Labute approximate surface area is 115 Å². The van der Waals surface area contributed by atoms with Gasteiger partial charge in [0.15, 0.2) is 0 Å². The van der Waals surface area contributed by atoms with Gasteiger partial charge in [-0.15, -0.1) is 0 Å². The number of para-hydroxylation sites is 1. The Morgan fingerprint density at radius 3 is 2.80 bits per heavy atom. The summed E-state index contributed by atoms with van der Waals surface area (Å²) in [7, 11) is 0. The number of aromatic nitrogens is 3. The molecular formula is C15H13FN4. The normalized spacial score (nSPS) is 10.7. The molecule has 4 nitrogen and oxygen atoms in total. The second-order valence-electron chi connectivity index (χ2n) is 4.53. The Morgan fingerprint density at radius 2 is 2.00 bits per heavy atom. The first-order valence-electron chi connectivity index (χ1n) is 6.19. The number of halogens is 1. The van der Waals surface area contributed by atoms with Gasteiger partial charge in [-0.3, -0.25) is 9.67 Å². The number of nitrogens with two attached hydrogens (primary N) is 1. The van der Waals surface area contributed by atoms with Gasteiger partial charge in [0.2, 0.25) is 0 Å². The van der Waals surface area contributed by atoms with Crippen molar-refractivity contribution in [3.8, 4) is 11.1 Å². The van der Waals surface area contributed by atoms with E-state index in [1.807, 2.05) is 30.5 Å². The van der Waals surface area contributed by atoms with Gasteiger partial charge < -0.3 is 5.73 Å². The summed E-state index contributed by atoms with van der Waals surface area (Å²) >= 11 is 0. The van der Waals surface area contributed by atoms with Gasteiger partial charge in [0, 0.05) is 29.2 Å². The Kier molecular flexibility index (Phi) is 3.16. The Bertz CT molecular complexity index is 736. The van der Waals surface area contributed by atoms with Crippen molar-refractivity contribution in [2.24, 2.45) is 0 Å². The summed E-state index contributed by atoms with van der Waals surface area (Å²) < 4.78 is 14.8. The van der Waals surface area contributed by atoms with Gasteiger partial charge in [0.05, 0.1) is 18.9 Å². The molecule has 0 bridgehead atoms. The van der Waals surface area contributed by atoms with Crippen LogP contribution >= 0.6 is 0 Å². The van der Waals surface area contributed by atoms with Crippen LogP contribution in [0.25, 0.3) is 11.1 Å².